The van der Waals surface area contributed by atoms with Gasteiger partial charge in [-0.3, -0.25) is 0 Å². The number of allylic oxidation sites excluding steroid dienone is 3. The Bertz CT molecular complexity index is 328. The summed E-state index contributed by atoms with van der Waals surface area (Å²) in [4.78, 5) is 0. The Morgan fingerprint density at radius 3 is 2.75 bits per heavy atom. The van der Waals surface area contributed by atoms with Crippen LogP contribution in [0, 0.1) is 11.8 Å². The first kappa shape index (κ1) is 11.7. The largest absolute Gasteiger partial charge is 0.399 e. The molecule has 16 heavy (non-hydrogen) atoms. The Labute approximate surface area is 98.8 Å². The van der Waals surface area contributed by atoms with Crippen molar-refractivity contribution >= 4 is 0 Å². The van der Waals surface area contributed by atoms with E-state index in [1.807, 2.05) is 0 Å². The fraction of sp³-hybridized carbons (Fsp3) is 0.714. The third-order valence-corrected chi connectivity index (χ3v) is 4.42. The van der Waals surface area contributed by atoms with Crippen molar-refractivity contribution in [3.05, 3.63) is 22.9 Å². The standard InChI is InChI=1S/C14H24N2/c1-9-8-11(6-7-13(9)15)12-4-3-5-14(16)10(12)2/h5,9,11,13H,3-4,6-8,15-16H2,1-2H3. The Hall–Kier alpha value is -0.760. The van der Waals surface area contributed by atoms with Gasteiger partial charge in [0.25, 0.3) is 0 Å². The van der Waals surface area contributed by atoms with Gasteiger partial charge in [-0.15, -0.1) is 0 Å². The molecule has 0 aromatic heterocycles. The van der Waals surface area contributed by atoms with Crippen LogP contribution in [0.2, 0.25) is 0 Å². The minimum absolute atomic E-state index is 0.411. The lowest BCUT2D eigenvalue weighted by molar-refractivity contribution is 0.269. The van der Waals surface area contributed by atoms with Crippen LogP contribution in [-0.2, 0) is 0 Å². The van der Waals surface area contributed by atoms with Gasteiger partial charge in [-0.1, -0.05) is 18.6 Å². The van der Waals surface area contributed by atoms with Crippen LogP contribution in [-0.4, -0.2) is 6.04 Å². The van der Waals surface area contributed by atoms with Gasteiger partial charge in [-0.05, 0) is 56.4 Å². The smallest absolute Gasteiger partial charge is 0.0302 e. The molecular weight excluding hydrogens is 196 g/mol. The summed E-state index contributed by atoms with van der Waals surface area (Å²) in [7, 11) is 0. The second kappa shape index (κ2) is 4.62. The molecule has 4 N–H and O–H groups in total. The molecule has 3 unspecified atom stereocenters. The first-order valence-corrected chi connectivity index (χ1v) is 6.50. The molecule has 2 aliphatic carbocycles. The van der Waals surface area contributed by atoms with Gasteiger partial charge in [0.15, 0.2) is 0 Å². The lowest BCUT2D eigenvalue weighted by Gasteiger charge is -2.35. The van der Waals surface area contributed by atoms with Gasteiger partial charge in [0.2, 0.25) is 0 Å². The molecule has 1 fully saturated rings. The zero-order chi connectivity index (χ0) is 11.7. The molecule has 90 valence electrons. The first-order chi connectivity index (χ1) is 7.59. The van der Waals surface area contributed by atoms with E-state index in [1.54, 1.807) is 5.57 Å². The van der Waals surface area contributed by atoms with E-state index in [1.165, 1.54) is 31.3 Å². The van der Waals surface area contributed by atoms with Crippen LogP contribution in [0.1, 0.15) is 46.0 Å². The fourth-order valence-electron chi connectivity index (χ4n) is 3.16. The summed E-state index contributed by atoms with van der Waals surface area (Å²) in [6, 6.07) is 0.411. The van der Waals surface area contributed by atoms with Crippen molar-refractivity contribution in [2.45, 2.75) is 52.0 Å². The Morgan fingerprint density at radius 1 is 1.31 bits per heavy atom. The predicted octanol–water partition coefficient (Wildman–Crippen LogP) is 2.70. The van der Waals surface area contributed by atoms with Crippen molar-refractivity contribution < 1.29 is 0 Å². The molecular formula is C14H24N2. The number of hydrogen-bond donors (Lipinski definition) is 2. The quantitative estimate of drug-likeness (QED) is 0.714. The van der Waals surface area contributed by atoms with Gasteiger partial charge in [0.1, 0.15) is 0 Å². The highest BCUT2D eigenvalue weighted by atomic mass is 14.7. The van der Waals surface area contributed by atoms with Crippen LogP contribution in [0.15, 0.2) is 22.9 Å². The topological polar surface area (TPSA) is 52.0 Å². The van der Waals surface area contributed by atoms with Crippen molar-refractivity contribution in [1.82, 2.24) is 0 Å². The maximum atomic E-state index is 6.08. The van der Waals surface area contributed by atoms with E-state index < -0.39 is 0 Å². The van der Waals surface area contributed by atoms with Gasteiger partial charge >= 0.3 is 0 Å². The molecule has 0 spiro atoms. The van der Waals surface area contributed by atoms with Crippen molar-refractivity contribution in [3.63, 3.8) is 0 Å². The van der Waals surface area contributed by atoms with Crippen molar-refractivity contribution in [2.75, 3.05) is 0 Å². The van der Waals surface area contributed by atoms with Crippen molar-refractivity contribution in [2.24, 2.45) is 23.3 Å². The molecule has 0 radical (unpaired) electrons. The lowest BCUT2D eigenvalue weighted by atomic mass is 9.73. The van der Waals surface area contributed by atoms with Crippen LogP contribution in [0.3, 0.4) is 0 Å². The summed E-state index contributed by atoms with van der Waals surface area (Å²) in [5.74, 6) is 1.40. The van der Waals surface area contributed by atoms with Gasteiger partial charge in [0.05, 0.1) is 0 Å². The summed E-state index contributed by atoms with van der Waals surface area (Å²) in [5.41, 5.74) is 16.1. The van der Waals surface area contributed by atoms with Crippen LogP contribution in [0.5, 0.6) is 0 Å². The number of rotatable bonds is 1. The predicted molar refractivity (Wildman–Crippen MR) is 68.7 cm³/mol. The maximum Gasteiger partial charge on any atom is 0.0302 e. The first-order valence-electron chi connectivity index (χ1n) is 6.50. The monoisotopic (exact) mass is 220 g/mol. The van der Waals surface area contributed by atoms with Crippen LogP contribution < -0.4 is 11.5 Å². The highest BCUT2D eigenvalue weighted by molar-refractivity contribution is 5.36. The zero-order valence-corrected chi connectivity index (χ0v) is 10.5. The van der Waals surface area contributed by atoms with Crippen LogP contribution >= 0.6 is 0 Å². The van der Waals surface area contributed by atoms with Crippen molar-refractivity contribution in [1.29, 1.82) is 0 Å². The minimum atomic E-state index is 0.411. The Kier molecular flexibility index (Phi) is 3.38. The molecule has 0 heterocycles. The van der Waals surface area contributed by atoms with E-state index in [4.69, 9.17) is 11.5 Å². The second-order valence-electron chi connectivity index (χ2n) is 5.50. The third kappa shape index (κ3) is 2.17. The molecule has 2 aliphatic rings. The van der Waals surface area contributed by atoms with E-state index in [2.05, 4.69) is 19.9 Å². The molecule has 3 atom stereocenters. The molecule has 0 saturated heterocycles. The van der Waals surface area contributed by atoms with E-state index in [9.17, 15) is 0 Å². The highest BCUT2D eigenvalue weighted by Crippen LogP contribution is 2.38. The Morgan fingerprint density at radius 2 is 2.06 bits per heavy atom. The fourth-order valence-corrected chi connectivity index (χ4v) is 3.16. The van der Waals surface area contributed by atoms with E-state index in [0.717, 1.165) is 18.0 Å². The molecule has 0 aromatic carbocycles. The third-order valence-electron chi connectivity index (χ3n) is 4.42. The van der Waals surface area contributed by atoms with Crippen LogP contribution in [0.25, 0.3) is 0 Å². The normalized spacial score (nSPS) is 36.2. The summed E-state index contributed by atoms with van der Waals surface area (Å²) in [6.07, 6.45) is 8.17. The number of hydrogen-bond acceptors (Lipinski definition) is 2. The van der Waals surface area contributed by atoms with Gasteiger partial charge in [-0.2, -0.15) is 0 Å². The molecule has 1 saturated carbocycles. The highest BCUT2D eigenvalue weighted by Gasteiger charge is 2.28. The molecule has 0 aromatic rings. The second-order valence-corrected chi connectivity index (χ2v) is 5.50. The molecule has 0 aliphatic heterocycles. The lowest BCUT2D eigenvalue weighted by Crippen LogP contribution is -2.35. The van der Waals surface area contributed by atoms with Gasteiger partial charge in [0, 0.05) is 11.7 Å². The van der Waals surface area contributed by atoms with E-state index in [-0.39, 0.29) is 0 Å². The zero-order valence-electron chi connectivity index (χ0n) is 10.5. The van der Waals surface area contributed by atoms with Crippen molar-refractivity contribution in [3.8, 4) is 0 Å². The minimum Gasteiger partial charge on any atom is -0.399 e. The average molecular weight is 220 g/mol. The SMILES string of the molecule is CC1=C(C2CCC(N)C(C)C2)CCC=C1N. The molecule has 2 nitrogen and oxygen atoms in total. The number of nitrogens with two attached hydrogens (primary N) is 2. The molecule has 2 rings (SSSR count). The molecule has 2 heteroatoms. The summed E-state index contributed by atoms with van der Waals surface area (Å²) < 4.78 is 0. The summed E-state index contributed by atoms with van der Waals surface area (Å²) in [5, 5.41) is 0. The Balaban J connectivity index is 2.13. The van der Waals surface area contributed by atoms with Gasteiger partial charge in [-0.25, -0.2) is 0 Å². The molecule has 0 bridgehead atoms. The van der Waals surface area contributed by atoms with E-state index >= 15 is 0 Å². The van der Waals surface area contributed by atoms with Gasteiger partial charge < -0.3 is 11.5 Å². The van der Waals surface area contributed by atoms with Crippen LogP contribution in [0.4, 0.5) is 0 Å². The van der Waals surface area contributed by atoms with E-state index in [0.29, 0.717) is 12.0 Å². The average Bonchev–Trinajstić information content (AvgIpc) is 2.26. The molecule has 0 amide bonds. The summed E-state index contributed by atoms with van der Waals surface area (Å²) >= 11 is 0. The summed E-state index contributed by atoms with van der Waals surface area (Å²) in [6.45, 7) is 4.47. The maximum absolute atomic E-state index is 6.08.